The molecule has 6 nitrogen and oxygen atoms in total. The van der Waals surface area contributed by atoms with Crippen LogP contribution in [0.2, 0.25) is 0 Å². The van der Waals surface area contributed by atoms with Gasteiger partial charge in [-0.3, -0.25) is 4.90 Å². The molecule has 0 fully saturated rings. The lowest BCUT2D eigenvalue weighted by atomic mass is 10.2. The largest absolute Gasteiger partial charge is 0.443 e. The molecule has 7 heteroatoms. The average molecular weight is 310 g/mol. The number of ether oxygens (including phenoxy) is 1. The molecule has 0 aliphatic heterocycles. The summed E-state index contributed by atoms with van der Waals surface area (Å²) in [5, 5.41) is 8.83. The predicted octanol–water partition coefficient (Wildman–Crippen LogP) is 2.36. The smallest absolute Gasteiger partial charge is 0.415 e. The zero-order chi connectivity index (χ0) is 16.3. The average Bonchev–Trinajstić information content (AvgIpc) is 2.33. The van der Waals surface area contributed by atoms with Crippen LogP contribution in [0, 0.1) is 11.3 Å². The molecule has 0 radical (unpaired) electrons. The van der Waals surface area contributed by atoms with Crippen molar-refractivity contribution in [3.8, 4) is 6.07 Å². The molecule has 1 aromatic rings. The first-order valence-electron chi connectivity index (χ1n) is 6.22. The second-order valence-electron chi connectivity index (χ2n) is 5.49. The van der Waals surface area contributed by atoms with E-state index in [-0.39, 0.29) is 11.4 Å². The zero-order valence-electron chi connectivity index (χ0n) is 12.5. The summed E-state index contributed by atoms with van der Waals surface area (Å²) < 4.78 is 28.0. The molecule has 0 unspecified atom stereocenters. The number of hydrogen-bond acceptors (Lipinski definition) is 5. The Morgan fingerprint density at radius 1 is 1.29 bits per heavy atom. The van der Waals surface area contributed by atoms with Gasteiger partial charge in [-0.05, 0) is 45.0 Å². The molecule has 1 aromatic carbocycles. The number of benzene rings is 1. The highest BCUT2D eigenvalue weighted by Gasteiger charge is 2.23. The van der Waals surface area contributed by atoms with Crippen LogP contribution >= 0.6 is 0 Å². The van der Waals surface area contributed by atoms with Crippen LogP contribution < -0.4 is 4.90 Å². The minimum atomic E-state index is -3.31. The highest BCUT2D eigenvalue weighted by molar-refractivity contribution is 7.90. The number of amides is 1. The molecule has 0 heterocycles. The second-order valence-corrected chi connectivity index (χ2v) is 7.51. The lowest BCUT2D eigenvalue weighted by Gasteiger charge is -2.25. The Morgan fingerprint density at radius 2 is 1.81 bits per heavy atom. The van der Waals surface area contributed by atoms with Gasteiger partial charge in [0.1, 0.15) is 12.1 Å². The SMILES string of the molecule is CC(C)(C)OC(=O)N(CC#N)c1ccc(S(C)(=O)=O)cc1. The van der Waals surface area contributed by atoms with Crippen molar-refractivity contribution in [1.82, 2.24) is 0 Å². The van der Waals surface area contributed by atoms with Gasteiger partial charge in [-0.1, -0.05) is 0 Å². The fraction of sp³-hybridized carbons (Fsp3) is 0.429. The van der Waals surface area contributed by atoms with Crippen molar-refractivity contribution in [3.63, 3.8) is 0 Å². The Morgan fingerprint density at radius 3 is 2.19 bits per heavy atom. The topological polar surface area (TPSA) is 87.5 Å². The molecule has 0 bridgehead atoms. The van der Waals surface area contributed by atoms with Crippen LogP contribution in [-0.4, -0.2) is 32.9 Å². The summed E-state index contributed by atoms with van der Waals surface area (Å²) in [4.78, 5) is 13.4. The number of carbonyl (C=O) groups excluding carboxylic acids is 1. The first kappa shape index (κ1) is 17.0. The lowest BCUT2D eigenvalue weighted by Crippen LogP contribution is -2.37. The van der Waals surface area contributed by atoms with Gasteiger partial charge in [0, 0.05) is 11.9 Å². The number of nitriles is 1. The van der Waals surface area contributed by atoms with Crippen molar-refractivity contribution in [1.29, 1.82) is 5.26 Å². The molecule has 114 valence electrons. The van der Waals surface area contributed by atoms with E-state index < -0.39 is 21.5 Å². The van der Waals surface area contributed by atoms with Crippen LogP contribution in [0.25, 0.3) is 0 Å². The number of rotatable bonds is 3. The maximum Gasteiger partial charge on any atom is 0.415 e. The third-order valence-corrected chi connectivity index (χ3v) is 3.55. The van der Waals surface area contributed by atoms with Gasteiger partial charge in [-0.15, -0.1) is 0 Å². The number of carbonyl (C=O) groups is 1. The Balaban J connectivity index is 3.07. The van der Waals surface area contributed by atoms with E-state index in [4.69, 9.17) is 10.00 Å². The van der Waals surface area contributed by atoms with Gasteiger partial charge in [-0.2, -0.15) is 5.26 Å². The van der Waals surface area contributed by atoms with Gasteiger partial charge in [0.05, 0.1) is 11.0 Å². The van der Waals surface area contributed by atoms with Crippen molar-refractivity contribution < 1.29 is 17.9 Å². The fourth-order valence-corrected chi connectivity index (χ4v) is 2.15. The molecule has 0 aliphatic rings. The van der Waals surface area contributed by atoms with E-state index in [1.54, 1.807) is 20.8 Å². The van der Waals surface area contributed by atoms with Crippen molar-refractivity contribution in [3.05, 3.63) is 24.3 Å². The maximum absolute atomic E-state index is 12.1. The number of anilines is 1. The first-order valence-corrected chi connectivity index (χ1v) is 8.11. The summed E-state index contributed by atoms with van der Waals surface area (Å²) in [7, 11) is -3.31. The van der Waals surface area contributed by atoms with E-state index in [0.717, 1.165) is 11.2 Å². The van der Waals surface area contributed by atoms with Gasteiger partial charge < -0.3 is 4.74 Å². The van der Waals surface area contributed by atoms with Gasteiger partial charge in [0.25, 0.3) is 0 Å². The summed E-state index contributed by atoms with van der Waals surface area (Å²) in [5.74, 6) is 0. The van der Waals surface area contributed by atoms with E-state index in [2.05, 4.69) is 0 Å². The normalized spacial score (nSPS) is 11.6. The van der Waals surface area contributed by atoms with Crippen LogP contribution in [-0.2, 0) is 14.6 Å². The van der Waals surface area contributed by atoms with Gasteiger partial charge in [0.15, 0.2) is 9.84 Å². The van der Waals surface area contributed by atoms with Crippen molar-refractivity contribution in [2.45, 2.75) is 31.3 Å². The molecule has 0 N–H and O–H groups in total. The molecule has 0 atom stereocenters. The van der Waals surface area contributed by atoms with E-state index in [9.17, 15) is 13.2 Å². The fourth-order valence-electron chi connectivity index (χ4n) is 1.52. The minimum absolute atomic E-state index is 0.146. The highest BCUT2D eigenvalue weighted by Crippen LogP contribution is 2.20. The molecule has 21 heavy (non-hydrogen) atoms. The summed E-state index contributed by atoms with van der Waals surface area (Å²) >= 11 is 0. The van der Waals surface area contributed by atoms with E-state index in [1.165, 1.54) is 24.3 Å². The van der Waals surface area contributed by atoms with Crippen molar-refractivity contribution in [2.24, 2.45) is 0 Å². The number of hydrogen-bond donors (Lipinski definition) is 0. The summed E-state index contributed by atoms with van der Waals surface area (Å²) in [6.45, 7) is 4.99. The third-order valence-electron chi connectivity index (χ3n) is 2.42. The van der Waals surface area contributed by atoms with Crippen LogP contribution in [0.3, 0.4) is 0 Å². The highest BCUT2D eigenvalue weighted by atomic mass is 32.2. The van der Waals surface area contributed by atoms with E-state index in [0.29, 0.717) is 5.69 Å². The number of sulfone groups is 1. The molecular weight excluding hydrogens is 292 g/mol. The van der Waals surface area contributed by atoms with Gasteiger partial charge >= 0.3 is 6.09 Å². The van der Waals surface area contributed by atoms with Crippen LogP contribution in [0.15, 0.2) is 29.2 Å². The monoisotopic (exact) mass is 310 g/mol. The number of nitrogens with zero attached hydrogens (tertiary/aromatic N) is 2. The quantitative estimate of drug-likeness (QED) is 0.800. The predicted molar refractivity (Wildman–Crippen MR) is 78.7 cm³/mol. The summed E-state index contributed by atoms with van der Waals surface area (Å²) in [6, 6.07) is 7.60. The molecule has 0 aromatic heterocycles. The zero-order valence-corrected chi connectivity index (χ0v) is 13.3. The molecule has 0 saturated carbocycles. The Bertz CT molecular complexity index is 652. The standard InChI is InChI=1S/C14H18N2O4S/c1-14(2,3)20-13(17)16(10-9-15)11-5-7-12(8-6-11)21(4,18)19/h5-8H,10H2,1-4H3. The third kappa shape index (κ3) is 5.08. The first-order chi connectivity index (χ1) is 9.54. The molecular formula is C14H18N2O4S. The summed E-state index contributed by atoms with van der Waals surface area (Å²) in [5.41, 5.74) is -0.282. The minimum Gasteiger partial charge on any atom is -0.443 e. The van der Waals surface area contributed by atoms with Crippen LogP contribution in [0.5, 0.6) is 0 Å². The van der Waals surface area contributed by atoms with E-state index >= 15 is 0 Å². The molecule has 0 spiro atoms. The van der Waals surface area contributed by atoms with Gasteiger partial charge in [0.2, 0.25) is 0 Å². The Labute approximate surface area is 124 Å². The summed E-state index contributed by atoms with van der Waals surface area (Å²) in [6.07, 6.45) is 0.444. The van der Waals surface area contributed by atoms with Gasteiger partial charge in [-0.25, -0.2) is 13.2 Å². The molecule has 1 amide bonds. The Hall–Kier alpha value is -2.07. The lowest BCUT2D eigenvalue weighted by molar-refractivity contribution is 0.0585. The Kier molecular flexibility index (Phi) is 4.97. The molecule has 0 aliphatic carbocycles. The maximum atomic E-state index is 12.1. The van der Waals surface area contributed by atoms with Crippen LogP contribution in [0.4, 0.5) is 10.5 Å². The van der Waals surface area contributed by atoms with Crippen LogP contribution in [0.1, 0.15) is 20.8 Å². The van der Waals surface area contributed by atoms with Crippen molar-refractivity contribution in [2.75, 3.05) is 17.7 Å². The molecule has 1 rings (SSSR count). The molecule has 0 saturated heterocycles. The second kappa shape index (κ2) is 6.14. The van der Waals surface area contributed by atoms with Crippen molar-refractivity contribution >= 4 is 21.6 Å². The van der Waals surface area contributed by atoms with E-state index in [1.807, 2.05) is 6.07 Å².